The van der Waals surface area contributed by atoms with Gasteiger partial charge in [-0.1, -0.05) is 32.9 Å². The molecule has 0 atom stereocenters. The standard InChI is InChI=1S/C14H23N3/c1-5-6-7-8-15-9-11(2)14-12(3)13(4)16-10-17-14/h10,15H,2,4-9H2,1,3H3,(H,16,17). The lowest BCUT2D eigenvalue weighted by Crippen LogP contribution is -2.22. The molecule has 0 aliphatic carbocycles. The van der Waals surface area contributed by atoms with E-state index in [1.165, 1.54) is 19.3 Å². The van der Waals surface area contributed by atoms with Crippen molar-refractivity contribution < 1.29 is 0 Å². The van der Waals surface area contributed by atoms with Crippen LogP contribution in [0.1, 0.15) is 33.1 Å². The molecule has 1 aliphatic rings. The molecule has 1 heterocycles. The number of allylic oxidation sites excluding steroid dienone is 1. The highest BCUT2D eigenvalue weighted by atomic mass is 15.0. The van der Waals surface area contributed by atoms with Gasteiger partial charge in [0.05, 0.1) is 12.0 Å². The van der Waals surface area contributed by atoms with Crippen molar-refractivity contribution >= 4 is 6.34 Å². The predicted octanol–water partition coefficient (Wildman–Crippen LogP) is 2.74. The van der Waals surface area contributed by atoms with E-state index in [2.05, 4.69) is 35.7 Å². The van der Waals surface area contributed by atoms with Gasteiger partial charge in [-0.3, -0.25) is 0 Å². The van der Waals surface area contributed by atoms with Crippen molar-refractivity contribution in [1.82, 2.24) is 10.6 Å². The van der Waals surface area contributed by atoms with Crippen LogP contribution in [0, 0.1) is 0 Å². The van der Waals surface area contributed by atoms with Crippen LogP contribution in [0.4, 0.5) is 0 Å². The van der Waals surface area contributed by atoms with Crippen molar-refractivity contribution in [2.45, 2.75) is 33.1 Å². The normalized spacial score (nSPS) is 15.1. The van der Waals surface area contributed by atoms with Gasteiger partial charge in [0.1, 0.15) is 0 Å². The summed E-state index contributed by atoms with van der Waals surface area (Å²) in [4.78, 5) is 4.32. The first-order valence-electron chi connectivity index (χ1n) is 6.25. The van der Waals surface area contributed by atoms with Gasteiger partial charge < -0.3 is 10.6 Å². The summed E-state index contributed by atoms with van der Waals surface area (Å²) in [5.74, 6) is 0. The molecule has 0 unspecified atom stereocenters. The molecule has 0 fully saturated rings. The molecule has 0 amide bonds. The molecule has 3 nitrogen and oxygen atoms in total. The Bertz CT molecular complexity index is 350. The quantitative estimate of drug-likeness (QED) is 0.663. The van der Waals surface area contributed by atoms with E-state index in [1.807, 2.05) is 6.92 Å². The molecule has 1 rings (SSSR count). The average Bonchev–Trinajstić information content (AvgIpc) is 2.32. The second-order valence-corrected chi connectivity index (χ2v) is 4.34. The van der Waals surface area contributed by atoms with Gasteiger partial charge in [-0.25, -0.2) is 4.99 Å². The lowest BCUT2D eigenvalue weighted by Gasteiger charge is -2.17. The third kappa shape index (κ3) is 4.19. The summed E-state index contributed by atoms with van der Waals surface area (Å²) in [7, 11) is 0. The molecule has 3 heteroatoms. The van der Waals surface area contributed by atoms with Crippen LogP contribution in [0.25, 0.3) is 0 Å². The lowest BCUT2D eigenvalue weighted by atomic mass is 10.1. The molecule has 0 radical (unpaired) electrons. The van der Waals surface area contributed by atoms with Crippen LogP contribution in [0.2, 0.25) is 0 Å². The highest BCUT2D eigenvalue weighted by Crippen LogP contribution is 2.20. The number of hydrogen-bond acceptors (Lipinski definition) is 3. The highest BCUT2D eigenvalue weighted by Gasteiger charge is 2.11. The molecule has 94 valence electrons. The summed E-state index contributed by atoms with van der Waals surface area (Å²) in [6, 6.07) is 0. The van der Waals surface area contributed by atoms with Crippen LogP contribution in [-0.2, 0) is 0 Å². The van der Waals surface area contributed by atoms with E-state index in [1.54, 1.807) is 6.34 Å². The molecule has 0 saturated carbocycles. The fourth-order valence-corrected chi connectivity index (χ4v) is 1.70. The van der Waals surface area contributed by atoms with E-state index < -0.39 is 0 Å². The first-order chi connectivity index (χ1) is 8.16. The lowest BCUT2D eigenvalue weighted by molar-refractivity contribution is 0.640. The first kappa shape index (κ1) is 13.7. The molecule has 0 bridgehead atoms. The van der Waals surface area contributed by atoms with Gasteiger partial charge in [0, 0.05) is 12.2 Å². The summed E-state index contributed by atoms with van der Waals surface area (Å²) in [6.45, 7) is 14.1. The Hall–Kier alpha value is -1.35. The zero-order valence-electron chi connectivity index (χ0n) is 11.0. The fraction of sp³-hybridized carbons (Fsp3) is 0.500. The van der Waals surface area contributed by atoms with Crippen LogP contribution in [0.5, 0.6) is 0 Å². The zero-order valence-corrected chi connectivity index (χ0v) is 11.0. The molecule has 17 heavy (non-hydrogen) atoms. The molecule has 1 aliphatic heterocycles. The van der Waals surface area contributed by atoms with Gasteiger partial charge in [-0.05, 0) is 31.0 Å². The van der Waals surface area contributed by atoms with Gasteiger partial charge in [0.15, 0.2) is 0 Å². The topological polar surface area (TPSA) is 36.4 Å². The second kappa shape index (κ2) is 7.07. The fourth-order valence-electron chi connectivity index (χ4n) is 1.70. The summed E-state index contributed by atoms with van der Waals surface area (Å²) < 4.78 is 0. The van der Waals surface area contributed by atoms with Crippen LogP contribution in [0.3, 0.4) is 0 Å². The van der Waals surface area contributed by atoms with E-state index in [0.717, 1.165) is 35.6 Å². The Kier molecular flexibility index (Phi) is 5.70. The maximum atomic E-state index is 4.32. The van der Waals surface area contributed by atoms with Gasteiger partial charge in [0.25, 0.3) is 0 Å². The summed E-state index contributed by atoms with van der Waals surface area (Å²) in [5, 5.41) is 6.39. The maximum absolute atomic E-state index is 4.32. The van der Waals surface area contributed by atoms with Crippen molar-refractivity contribution in [3.05, 3.63) is 35.7 Å². The Morgan fingerprint density at radius 1 is 1.47 bits per heavy atom. The minimum atomic E-state index is 0.793. The molecule has 0 aromatic heterocycles. The number of nitrogens with zero attached hydrogens (tertiary/aromatic N) is 1. The third-order valence-electron chi connectivity index (χ3n) is 2.87. The predicted molar refractivity (Wildman–Crippen MR) is 75.0 cm³/mol. The van der Waals surface area contributed by atoms with Gasteiger partial charge >= 0.3 is 0 Å². The van der Waals surface area contributed by atoms with E-state index in [9.17, 15) is 0 Å². The molecule has 0 spiro atoms. The first-order valence-corrected chi connectivity index (χ1v) is 6.25. The van der Waals surface area contributed by atoms with Crippen molar-refractivity contribution in [1.29, 1.82) is 0 Å². The molecule has 0 aromatic rings. The van der Waals surface area contributed by atoms with Crippen LogP contribution in [-0.4, -0.2) is 19.4 Å². The van der Waals surface area contributed by atoms with Crippen LogP contribution < -0.4 is 10.6 Å². The molecular weight excluding hydrogens is 210 g/mol. The number of hydrogen-bond donors (Lipinski definition) is 2. The van der Waals surface area contributed by atoms with Gasteiger partial charge in [0.2, 0.25) is 0 Å². The molecule has 0 aromatic carbocycles. The third-order valence-corrected chi connectivity index (χ3v) is 2.87. The van der Waals surface area contributed by atoms with Gasteiger partial charge in [-0.15, -0.1) is 0 Å². The SMILES string of the molecule is C=C(CNCCCCC)C1=C(C)C(=C)NC=N1. The minimum Gasteiger partial charge on any atom is -0.347 e. The van der Waals surface area contributed by atoms with Crippen molar-refractivity contribution in [3.63, 3.8) is 0 Å². The molecule has 0 saturated heterocycles. The monoisotopic (exact) mass is 233 g/mol. The number of unbranched alkanes of at least 4 members (excludes halogenated alkanes) is 2. The summed E-state index contributed by atoms with van der Waals surface area (Å²) in [5.41, 5.74) is 3.96. The zero-order chi connectivity index (χ0) is 12.7. The van der Waals surface area contributed by atoms with E-state index in [0.29, 0.717) is 0 Å². The Morgan fingerprint density at radius 3 is 2.94 bits per heavy atom. The van der Waals surface area contributed by atoms with Crippen molar-refractivity contribution in [2.75, 3.05) is 13.1 Å². The number of aliphatic imine (C=N–C) groups is 1. The minimum absolute atomic E-state index is 0.793. The average molecular weight is 233 g/mol. The number of rotatable bonds is 7. The maximum Gasteiger partial charge on any atom is 0.0930 e. The smallest absolute Gasteiger partial charge is 0.0930 e. The van der Waals surface area contributed by atoms with Crippen molar-refractivity contribution in [2.24, 2.45) is 4.99 Å². The number of nitrogens with one attached hydrogen (secondary N) is 2. The molecular formula is C14H23N3. The van der Waals surface area contributed by atoms with E-state index in [4.69, 9.17) is 0 Å². The van der Waals surface area contributed by atoms with E-state index >= 15 is 0 Å². The summed E-state index contributed by atoms with van der Waals surface area (Å²) in [6.07, 6.45) is 5.43. The second-order valence-electron chi connectivity index (χ2n) is 4.34. The van der Waals surface area contributed by atoms with Crippen LogP contribution >= 0.6 is 0 Å². The summed E-state index contributed by atoms with van der Waals surface area (Å²) >= 11 is 0. The molecule has 2 N–H and O–H groups in total. The van der Waals surface area contributed by atoms with E-state index in [-0.39, 0.29) is 0 Å². The van der Waals surface area contributed by atoms with Crippen molar-refractivity contribution in [3.8, 4) is 0 Å². The largest absolute Gasteiger partial charge is 0.347 e. The Labute approximate surface area is 104 Å². The Balaban J connectivity index is 2.40. The Morgan fingerprint density at radius 2 is 2.24 bits per heavy atom. The van der Waals surface area contributed by atoms with Crippen LogP contribution in [0.15, 0.2) is 40.7 Å². The highest BCUT2D eigenvalue weighted by molar-refractivity contribution is 5.66. The van der Waals surface area contributed by atoms with Gasteiger partial charge in [-0.2, -0.15) is 0 Å².